The van der Waals surface area contributed by atoms with E-state index in [2.05, 4.69) is 34.8 Å². The van der Waals surface area contributed by atoms with E-state index in [0.717, 1.165) is 24.6 Å². The molecule has 1 heterocycles. The van der Waals surface area contributed by atoms with Gasteiger partial charge in [0.15, 0.2) is 0 Å². The molecule has 1 rings (SSSR count). The first kappa shape index (κ1) is 14.9. The maximum atomic E-state index is 8.67. The second-order valence-electron chi connectivity index (χ2n) is 4.79. The second kappa shape index (κ2) is 7.30. The summed E-state index contributed by atoms with van der Waals surface area (Å²) < 4.78 is 0. The van der Waals surface area contributed by atoms with Gasteiger partial charge in [0.05, 0.1) is 12.6 Å². The van der Waals surface area contributed by atoms with Crippen molar-refractivity contribution in [3.63, 3.8) is 0 Å². The summed E-state index contributed by atoms with van der Waals surface area (Å²) in [5, 5.41) is 9.15. The van der Waals surface area contributed by atoms with Crippen molar-refractivity contribution in [2.75, 3.05) is 13.1 Å². The number of aryl methyl sites for hydroxylation is 1. The molecule has 4 nitrogen and oxygen atoms in total. The molecule has 0 N–H and O–H groups in total. The Kier molecular flexibility index (Phi) is 6.03. The van der Waals surface area contributed by atoms with E-state index in [4.69, 9.17) is 16.9 Å². The van der Waals surface area contributed by atoms with Crippen LogP contribution in [0.2, 0.25) is 5.15 Å². The molecule has 0 saturated heterocycles. The van der Waals surface area contributed by atoms with Crippen LogP contribution in [0.25, 0.3) is 0 Å². The van der Waals surface area contributed by atoms with E-state index >= 15 is 0 Å². The number of rotatable bonds is 6. The minimum Gasteiger partial charge on any atom is -0.295 e. The van der Waals surface area contributed by atoms with Gasteiger partial charge in [0.25, 0.3) is 0 Å². The lowest BCUT2D eigenvalue weighted by Gasteiger charge is -2.22. The Labute approximate surface area is 114 Å². The zero-order valence-corrected chi connectivity index (χ0v) is 11.9. The standard InChI is InChI=1S/C13H19ClN4/c1-10(2)8-18(6-4-5-15)9-13-16-11(3)7-12(14)17-13/h7,10H,4,6,8-9H2,1-3H3. The van der Waals surface area contributed by atoms with E-state index in [9.17, 15) is 0 Å². The number of halogens is 1. The van der Waals surface area contributed by atoms with Crippen molar-refractivity contribution in [3.05, 3.63) is 22.7 Å². The van der Waals surface area contributed by atoms with Gasteiger partial charge in [-0.05, 0) is 18.9 Å². The van der Waals surface area contributed by atoms with Crippen LogP contribution in [-0.4, -0.2) is 28.0 Å². The fourth-order valence-corrected chi connectivity index (χ4v) is 2.07. The molecule has 0 atom stereocenters. The first-order valence-corrected chi connectivity index (χ1v) is 6.48. The van der Waals surface area contributed by atoms with E-state index in [1.807, 2.05) is 6.92 Å². The van der Waals surface area contributed by atoms with Crippen molar-refractivity contribution in [2.24, 2.45) is 5.92 Å². The summed E-state index contributed by atoms with van der Waals surface area (Å²) in [4.78, 5) is 10.8. The summed E-state index contributed by atoms with van der Waals surface area (Å²) in [5.41, 5.74) is 0.870. The van der Waals surface area contributed by atoms with E-state index in [1.54, 1.807) is 6.07 Å². The van der Waals surface area contributed by atoms with Crippen LogP contribution in [0.5, 0.6) is 0 Å². The lowest BCUT2D eigenvalue weighted by atomic mass is 10.2. The summed E-state index contributed by atoms with van der Waals surface area (Å²) in [5.74, 6) is 1.27. The first-order valence-electron chi connectivity index (χ1n) is 6.10. The second-order valence-corrected chi connectivity index (χ2v) is 5.17. The Bertz CT molecular complexity index is 405. The van der Waals surface area contributed by atoms with Crippen molar-refractivity contribution in [1.29, 1.82) is 5.26 Å². The van der Waals surface area contributed by atoms with Crippen LogP contribution in [0.3, 0.4) is 0 Å². The topological polar surface area (TPSA) is 52.8 Å². The van der Waals surface area contributed by atoms with Crippen LogP contribution in [0.4, 0.5) is 0 Å². The molecule has 0 spiro atoms. The van der Waals surface area contributed by atoms with Gasteiger partial charge in [-0.25, -0.2) is 9.97 Å². The normalized spacial score (nSPS) is 10.9. The lowest BCUT2D eigenvalue weighted by Crippen LogP contribution is -2.29. The fourth-order valence-electron chi connectivity index (χ4n) is 1.82. The van der Waals surface area contributed by atoms with Gasteiger partial charge in [0.1, 0.15) is 11.0 Å². The molecule has 5 heteroatoms. The molecule has 0 aliphatic heterocycles. The van der Waals surface area contributed by atoms with Crippen LogP contribution in [0, 0.1) is 24.2 Å². The van der Waals surface area contributed by atoms with Crippen LogP contribution in [-0.2, 0) is 6.54 Å². The molecule has 1 aromatic heterocycles. The van der Waals surface area contributed by atoms with Crippen LogP contribution < -0.4 is 0 Å². The zero-order valence-electron chi connectivity index (χ0n) is 11.1. The Morgan fingerprint density at radius 3 is 2.72 bits per heavy atom. The van der Waals surface area contributed by atoms with Crippen LogP contribution in [0.1, 0.15) is 31.8 Å². The molecule has 0 aliphatic carbocycles. The molecule has 0 aromatic carbocycles. The highest BCUT2D eigenvalue weighted by molar-refractivity contribution is 6.29. The van der Waals surface area contributed by atoms with Gasteiger partial charge < -0.3 is 0 Å². The summed E-state index contributed by atoms with van der Waals surface area (Å²) in [6.07, 6.45) is 0.520. The van der Waals surface area contributed by atoms with E-state index in [1.165, 1.54) is 0 Å². The van der Waals surface area contributed by atoms with Crippen molar-refractivity contribution in [1.82, 2.24) is 14.9 Å². The monoisotopic (exact) mass is 266 g/mol. The molecular weight excluding hydrogens is 248 g/mol. The molecule has 98 valence electrons. The molecule has 0 bridgehead atoms. The Hall–Kier alpha value is -1.18. The van der Waals surface area contributed by atoms with Gasteiger partial charge in [-0.15, -0.1) is 0 Å². The minimum absolute atomic E-state index is 0.474. The predicted octanol–water partition coefficient (Wildman–Crippen LogP) is 2.81. The predicted molar refractivity (Wildman–Crippen MR) is 72.1 cm³/mol. The van der Waals surface area contributed by atoms with Gasteiger partial charge in [0.2, 0.25) is 0 Å². The van der Waals surface area contributed by atoms with Gasteiger partial charge in [-0.2, -0.15) is 5.26 Å². The third-order valence-electron chi connectivity index (χ3n) is 2.40. The molecule has 0 radical (unpaired) electrons. The molecule has 0 fully saturated rings. The number of aromatic nitrogens is 2. The molecule has 0 amide bonds. The van der Waals surface area contributed by atoms with E-state index < -0.39 is 0 Å². The van der Waals surface area contributed by atoms with Crippen molar-refractivity contribution in [3.8, 4) is 6.07 Å². The number of nitrogens with zero attached hydrogens (tertiary/aromatic N) is 4. The summed E-state index contributed by atoms with van der Waals surface area (Å²) in [6, 6.07) is 3.91. The van der Waals surface area contributed by atoms with Crippen LogP contribution >= 0.6 is 11.6 Å². The maximum absolute atomic E-state index is 8.67. The van der Waals surface area contributed by atoms with Gasteiger partial charge in [-0.3, -0.25) is 4.90 Å². The molecule has 18 heavy (non-hydrogen) atoms. The van der Waals surface area contributed by atoms with E-state index in [-0.39, 0.29) is 0 Å². The Balaban J connectivity index is 2.72. The summed E-state index contributed by atoms with van der Waals surface area (Å²) in [6.45, 7) is 8.52. The average Bonchev–Trinajstić information content (AvgIpc) is 2.23. The smallest absolute Gasteiger partial charge is 0.144 e. The zero-order chi connectivity index (χ0) is 13.5. The first-order chi connectivity index (χ1) is 8.51. The van der Waals surface area contributed by atoms with Gasteiger partial charge >= 0.3 is 0 Å². The quantitative estimate of drug-likeness (QED) is 0.743. The third kappa shape index (κ3) is 5.44. The highest BCUT2D eigenvalue weighted by Gasteiger charge is 2.10. The van der Waals surface area contributed by atoms with Crippen molar-refractivity contribution < 1.29 is 0 Å². The number of hydrogen-bond donors (Lipinski definition) is 0. The average molecular weight is 267 g/mol. The molecule has 0 aliphatic rings. The molecule has 0 unspecified atom stereocenters. The third-order valence-corrected chi connectivity index (χ3v) is 2.59. The minimum atomic E-state index is 0.474. The van der Waals surface area contributed by atoms with Gasteiger partial charge in [-0.1, -0.05) is 25.4 Å². The van der Waals surface area contributed by atoms with E-state index in [0.29, 0.717) is 24.0 Å². The Morgan fingerprint density at radius 1 is 1.44 bits per heavy atom. The lowest BCUT2D eigenvalue weighted by molar-refractivity contribution is 0.235. The number of nitriles is 1. The van der Waals surface area contributed by atoms with Gasteiger partial charge in [0, 0.05) is 25.2 Å². The summed E-state index contributed by atoms with van der Waals surface area (Å²) in [7, 11) is 0. The summed E-state index contributed by atoms with van der Waals surface area (Å²) >= 11 is 5.92. The van der Waals surface area contributed by atoms with Crippen LogP contribution in [0.15, 0.2) is 6.07 Å². The Morgan fingerprint density at radius 2 is 2.17 bits per heavy atom. The largest absolute Gasteiger partial charge is 0.295 e. The molecular formula is C13H19ClN4. The molecule has 1 aromatic rings. The highest BCUT2D eigenvalue weighted by Crippen LogP contribution is 2.10. The highest BCUT2D eigenvalue weighted by atomic mass is 35.5. The van der Waals surface area contributed by atoms with Crippen molar-refractivity contribution >= 4 is 11.6 Å². The van der Waals surface area contributed by atoms with Crippen molar-refractivity contribution in [2.45, 2.75) is 33.7 Å². The fraction of sp³-hybridized carbons (Fsp3) is 0.615. The SMILES string of the molecule is Cc1cc(Cl)nc(CN(CCC#N)CC(C)C)n1. The maximum Gasteiger partial charge on any atom is 0.144 e. The number of hydrogen-bond acceptors (Lipinski definition) is 4. The molecule has 0 saturated carbocycles.